The molecule has 2 aliphatic heterocycles. The number of likely N-dealkylation sites (tertiary alicyclic amines) is 2. The van der Waals surface area contributed by atoms with Crippen LogP contribution in [0.5, 0.6) is 0 Å². The standard InChI is InChI=1S/C20H39N5/c1-3-21-20(22-11-14-24-12-6-7-17(2)15-24)23-18-10-13-25(16-18)19-8-4-5-9-19/h17-19H,3-16H2,1-2H3,(H2,21,22,23). The molecular formula is C20H39N5. The normalized spacial score (nSPS) is 30.1. The van der Waals surface area contributed by atoms with Crippen molar-refractivity contribution in [3.63, 3.8) is 0 Å². The molecule has 25 heavy (non-hydrogen) atoms. The van der Waals surface area contributed by atoms with Crippen LogP contribution >= 0.6 is 0 Å². The summed E-state index contributed by atoms with van der Waals surface area (Å²) in [6, 6.07) is 1.42. The first-order valence-electron chi connectivity index (χ1n) is 10.8. The van der Waals surface area contributed by atoms with Gasteiger partial charge in [0.1, 0.15) is 0 Å². The van der Waals surface area contributed by atoms with Gasteiger partial charge in [0.05, 0.1) is 6.54 Å². The molecule has 2 heterocycles. The van der Waals surface area contributed by atoms with Gasteiger partial charge in [-0.05, 0) is 51.5 Å². The van der Waals surface area contributed by atoms with E-state index in [1.807, 2.05) is 0 Å². The molecule has 0 amide bonds. The van der Waals surface area contributed by atoms with Gasteiger partial charge in [-0.2, -0.15) is 0 Å². The SMILES string of the molecule is CCNC(=NCCN1CCCC(C)C1)NC1CCN(C2CCCC2)C1. The third kappa shape index (κ3) is 5.85. The lowest BCUT2D eigenvalue weighted by Gasteiger charge is -2.30. The van der Waals surface area contributed by atoms with Gasteiger partial charge in [-0.1, -0.05) is 19.8 Å². The summed E-state index contributed by atoms with van der Waals surface area (Å²) in [6.07, 6.45) is 9.68. The Labute approximate surface area is 154 Å². The first-order chi connectivity index (χ1) is 12.2. The number of aliphatic imine (C=N–C) groups is 1. The van der Waals surface area contributed by atoms with E-state index >= 15 is 0 Å². The van der Waals surface area contributed by atoms with Gasteiger partial charge in [-0.3, -0.25) is 9.89 Å². The van der Waals surface area contributed by atoms with Crippen LogP contribution < -0.4 is 10.6 Å². The minimum absolute atomic E-state index is 0.563. The van der Waals surface area contributed by atoms with Crippen molar-refractivity contribution in [3.05, 3.63) is 0 Å². The molecule has 3 aliphatic rings. The van der Waals surface area contributed by atoms with E-state index in [2.05, 4.69) is 34.3 Å². The van der Waals surface area contributed by atoms with Crippen LogP contribution in [0, 0.1) is 5.92 Å². The highest BCUT2D eigenvalue weighted by Crippen LogP contribution is 2.26. The number of rotatable bonds is 6. The molecule has 2 saturated heterocycles. The quantitative estimate of drug-likeness (QED) is 0.570. The summed E-state index contributed by atoms with van der Waals surface area (Å²) in [6.45, 7) is 12.4. The molecule has 0 radical (unpaired) electrons. The molecule has 0 spiro atoms. The van der Waals surface area contributed by atoms with Gasteiger partial charge in [0.25, 0.3) is 0 Å². The van der Waals surface area contributed by atoms with E-state index in [9.17, 15) is 0 Å². The second-order valence-corrected chi connectivity index (χ2v) is 8.37. The van der Waals surface area contributed by atoms with Gasteiger partial charge in [-0.25, -0.2) is 0 Å². The lowest BCUT2D eigenvalue weighted by molar-refractivity contribution is 0.189. The molecule has 3 fully saturated rings. The van der Waals surface area contributed by atoms with Crippen LogP contribution in [0.15, 0.2) is 4.99 Å². The van der Waals surface area contributed by atoms with Crippen molar-refractivity contribution in [2.75, 3.05) is 45.8 Å². The molecule has 0 aromatic rings. The van der Waals surface area contributed by atoms with Crippen molar-refractivity contribution in [2.45, 2.75) is 70.9 Å². The van der Waals surface area contributed by atoms with E-state index in [0.717, 1.165) is 37.6 Å². The largest absolute Gasteiger partial charge is 0.357 e. The molecule has 5 heteroatoms. The maximum atomic E-state index is 4.85. The Morgan fingerprint density at radius 3 is 2.64 bits per heavy atom. The molecule has 5 nitrogen and oxygen atoms in total. The van der Waals surface area contributed by atoms with Crippen molar-refractivity contribution in [3.8, 4) is 0 Å². The van der Waals surface area contributed by atoms with Gasteiger partial charge < -0.3 is 15.5 Å². The van der Waals surface area contributed by atoms with E-state index < -0.39 is 0 Å². The molecule has 1 saturated carbocycles. The van der Waals surface area contributed by atoms with E-state index in [4.69, 9.17) is 4.99 Å². The van der Waals surface area contributed by atoms with Gasteiger partial charge >= 0.3 is 0 Å². The monoisotopic (exact) mass is 349 g/mol. The molecular weight excluding hydrogens is 310 g/mol. The fourth-order valence-electron chi connectivity index (χ4n) is 4.81. The van der Waals surface area contributed by atoms with Crippen molar-refractivity contribution in [1.29, 1.82) is 0 Å². The van der Waals surface area contributed by atoms with Crippen LogP contribution in [0.2, 0.25) is 0 Å². The third-order valence-electron chi connectivity index (χ3n) is 6.17. The number of hydrogen-bond donors (Lipinski definition) is 2. The van der Waals surface area contributed by atoms with Gasteiger partial charge in [0.2, 0.25) is 0 Å². The van der Waals surface area contributed by atoms with Crippen molar-refractivity contribution >= 4 is 5.96 Å². The van der Waals surface area contributed by atoms with Crippen LogP contribution in [-0.2, 0) is 0 Å². The summed E-state index contributed by atoms with van der Waals surface area (Å²) in [5, 5.41) is 7.14. The van der Waals surface area contributed by atoms with E-state index in [1.165, 1.54) is 71.1 Å². The summed E-state index contributed by atoms with van der Waals surface area (Å²) in [5.41, 5.74) is 0. The van der Waals surface area contributed by atoms with Crippen LogP contribution in [-0.4, -0.2) is 73.7 Å². The summed E-state index contributed by atoms with van der Waals surface area (Å²) < 4.78 is 0. The number of hydrogen-bond acceptors (Lipinski definition) is 3. The summed E-state index contributed by atoms with van der Waals surface area (Å²) in [4.78, 5) is 10.1. The van der Waals surface area contributed by atoms with Crippen molar-refractivity contribution < 1.29 is 0 Å². The Hall–Kier alpha value is -0.810. The first-order valence-corrected chi connectivity index (χ1v) is 10.8. The molecule has 2 N–H and O–H groups in total. The Morgan fingerprint density at radius 1 is 1.04 bits per heavy atom. The Bertz CT molecular complexity index is 418. The zero-order valence-corrected chi connectivity index (χ0v) is 16.5. The Morgan fingerprint density at radius 2 is 1.88 bits per heavy atom. The minimum atomic E-state index is 0.563. The fraction of sp³-hybridized carbons (Fsp3) is 0.950. The average Bonchev–Trinajstić information content (AvgIpc) is 3.26. The maximum Gasteiger partial charge on any atom is 0.191 e. The lowest BCUT2D eigenvalue weighted by atomic mass is 10.0. The predicted octanol–water partition coefficient (Wildman–Crippen LogP) is 2.29. The number of nitrogens with zero attached hydrogens (tertiary/aromatic N) is 3. The second-order valence-electron chi connectivity index (χ2n) is 8.37. The maximum absolute atomic E-state index is 4.85. The summed E-state index contributed by atoms with van der Waals surface area (Å²) >= 11 is 0. The molecule has 1 aliphatic carbocycles. The van der Waals surface area contributed by atoms with Crippen molar-refractivity contribution in [2.24, 2.45) is 10.9 Å². The topological polar surface area (TPSA) is 42.9 Å². The fourth-order valence-corrected chi connectivity index (χ4v) is 4.81. The zero-order chi connectivity index (χ0) is 17.5. The smallest absolute Gasteiger partial charge is 0.191 e. The molecule has 2 unspecified atom stereocenters. The number of piperidine rings is 1. The molecule has 0 bridgehead atoms. The van der Waals surface area contributed by atoms with E-state index in [1.54, 1.807) is 0 Å². The Kier molecular flexibility index (Phi) is 7.41. The number of guanidine groups is 1. The molecule has 2 atom stereocenters. The lowest BCUT2D eigenvalue weighted by Crippen LogP contribution is -2.45. The minimum Gasteiger partial charge on any atom is -0.357 e. The molecule has 0 aromatic heterocycles. The Balaban J connectivity index is 1.42. The highest BCUT2D eigenvalue weighted by Gasteiger charge is 2.30. The van der Waals surface area contributed by atoms with Gasteiger partial charge in [0, 0.05) is 44.8 Å². The van der Waals surface area contributed by atoms with E-state index in [-0.39, 0.29) is 0 Å². The summed E-state index contributed by atoms with van der Waals surface area (Å²) in [7, 11) is 0. The van der Waals surface area contributed by atoms with Gasteiger partial charge in [0.15, 0.2) is 5.96 Å². The second kappa shape index (κ2) is 9.77. The third-order valence-corrected chi connectivity index (χ3v) is 6.17. The molecule has 3 rings (SSSR count). The molecule has 0 aromatic carbocycles. The van der Waals surface area contributed by atoms with Gasteiger partial charge in [-0.15, -0.1) is 0 Å². The van der Waals surface area contributed by atoms with Crippen molar-refractivity contribution in [1.82, 2.24) is 20.4 Å². The average molecular weight is 350 g/mol. The van der Waals surface area contributed by atoms with Crippen LogP contribution in [0.3, 0.4) is 0 Å². The van der Waals surface area contributed by atoms with Crippen LogP contribution in [0.1, 0.15) is 58.8 Å². The van der Waals surface area contributed by atoms with E-state index in [0.29, 0.717) is 6.04 Å². The summed E-state index contributed by atoms with van der Waals surface area (Å²) in [5.74, 6) is 1.87. The highest BCUT2D eigenvalue weighted by atomic mass is 15.3. The predicted molar refractivity (Wildman–Crippen MR) is 106 cm³/mol. The zero-order valence-electron chi connectivity index (χ0n) is 16.5. The van der Waals surface area contributed by atoms with Crippen LogP contribution in [0.25, 0.3) is 0 Å². The molecule has 144 valence electrons. The first kappa shape index (κ1) is 19.0. The highest BCUT2D eigenvalue weighted by molar-refractivity contribution is 5.80. The van der Waals surface area contributed by atoms with Crippen LogP contribution in [0.4, 0.5) is 0 Å². The number of nitrogens with one attached hydrogen (secondary N) is 2.